The van der Waals surface area contributed by atoms with Gasteiger partial charge in [0.2, 0.25) is 5.88 Å². The van der Waals surface area contributed by atoms with Crippen molar-refractivity contribution in [3.63, 3.8) is 0 Å². The van der Waals surface area contributed by atoms with E-state index in [9.17, 15) is 9.18 Å². The van der Waals surface area contributed by atoms with Gasteiger partial charge in [0.15, 0.2) is 0 Å². The molecule has 1 N–H and O–H groups in total. The quantitative estimate of drug-likeness (QED) is 0.329. The lowest BCUT2D eigenvalue weighted by atomic mass is 10.1. The Morgan fingerprint density at radius 3 is 2.83 bits per heavy atom. The van der Waals surface area contributed by atoms with E-state index in [0.717, 1.165) is 26.6 Å². The van der Waals surface area contributed by atoms with Crippen LogP contribution in [0.3, 0.4) is 0 Å². The molecule has 0 spiro atoms. The summed E-state index contributed by atoms with van der Waals surface area (Å²) in [5.41, 5.74) is 2.86. The minimum absolute atomic E-state index is 0.168. The van der Waals surface area contributed by atoms with Gasteiger partial charge < -0.3 is 4.52 Å². The number of hydrogen-bond acceptors (Lipinski definition) is 5. The molecule has 0 saturated carbocycles. The highest BCUT2D eigenvalue weighted by atomic mass is 35.5. The number of halogens is 2. The van der Waals surface area contributed by atoms with Crippen LogP contribution in [0, 0.1) is 12.7 Å². The maximum Gasteiger partial charge on any atom is 0.268 e. The van der Waals surface area contributed by atoms with Crippen LogP contribution in [0.4, 0.5) is 10.3 Å². The fraction of sp³-hybridized carbons (Fsp3) is 0.0455. The second-order valence-corrected chi connectivity index (χ2v) is 8.23. The fourth-order valence-corrected chi connectivity index (χ4v) is 4.62. The van der Waals surface area contributed by atoms with Gasteiger partial charge in [0.1, 0.15) is 16.7 Å². The molecule has 5 rings (SSSR count). The number of benzene rings is 2. The number of anilines is 1. The molecule has 3 heterocycles. The third kappa shape index (κ3) is 3.32. The van der Waals surface area contributed by atoms with E-state index in [1.807, 2.05) is 25.1 Å². The molecule has 0 unspecified atom stereocenters. The zero-order valence-corrected chi connectivity index (χ0v) is 17.1. The normalized spacial score (nSPS) is 11.3. The number of nitrogens with one attached hydrogen (secondary N) is 1. The number of carbonyl (C=O) groups is 1. The molecule has 30 heavy (non-hydrogen) atoms. The topological polar surface area (TPSA) is 68.0 Å². The number of hydrogen-bond donors (Lipinski definition) is 1. The molecular formula is C22H13ClFN3O2S. The van der Waals surface area contributed by atoms with Crippen molar-refractivity contribution in [2.75, 3.05) is 5.32 Å². The number of aryl methyl sites for hydroxylation is 1. The third-order valence-electron chi connectivity index (χ3n) is 4.66. The number of pyridine rings is 1. The van der Waals surface area contributed by atoms with Crippen LogP contribution < -0.4 is 5.32 Å². The minimum Gasteiger partial charge on any atom is -0.338 e. The molecule has 5 aromatic rings. The molecule has 5 nitrogen and oxygen atoms in total. The largest absolute Gasteiger partial charge is 0.338 e. The molecule has 0 bridgehead atoms. The van der Waals surface area contributed by atoms with Crippen LogP contribution in [0.5, 0.6) is 0 Å². The second-order valence-electron chi connectivity index (χ2n) is 6.82. The summed E-state index contributed by atoms with van der Waals surface area (Å²) in [7, 11) is 0. The Labute approximate surface area is 179 Å². The van der Waals surface area contributed by atoms with Crippen LogP contribution in [0.1, 0.15) is 15.2 Å². The molecule has 0 saturated heterocycles. The number of aromatic nitrogens is 2. The molecule has 0 aliphatic rings. The summed E-state index contributed by atoms with van der Waals surface area (Å²) in [6.45, 7) is 2.00. The van der Waals surface area contributed by atoms with Gasteiger partial charge in [-0.05, 0) is 37.3 Å². The summed E-state index contributed by atoms with van der Waals surface area (Å²) in [4.78, 5) is 17.7. The van der Waals surface area contributed by atoms with Gasteiger partial charge in [-0.3, -0.25) is 10.1 Å². The molecule has 8 heteroatoms. The van der Waals surface area contributed by atoms with Crippen LogP contribution >= 0.6 is 22.9 Å². The summed E-state index contributed by atoms with van der Waals surface area (Å²) in [6.07, 6.45) is 0. The van der Waals surface area contributed by atoms with Crippen molar-refractivity contribution >= 4 is 55.7 Å². The van der Waals surface area contributed by atoms with Gasteiger partial charge in [-0.2, -0.15) is 0 Å². The fourth-order valence-electron chi connectivity index (χ4n) is 3.24. The van der Waals surface area contributed by atoms with E-state index in [2.05, 4.69) is 15.5 Å². The molecule has 2 aromatic carbocycles. The predicted octanol–water partition coefficient (Wildman–Crippen LogP) is 6.46. The first-order valence-corrected chi connectivity index (χ1v) is 10.2. The standard InChI is InChI=1S/C22H13ClFN3O2S/c1-11-5-6-16-14(7-11)20-15(21(23)25-16)9-18(30-20)22(28)26-19-10-17(27-29-19)12-3-2-4-13(24)8-12/h2-10H,1H3,(H,26,28). The maximum absolute atomic E-state index is 13.4. The summed E-state index contributed by atoms with van der Waals surface area (Å²) in [5, 5.41) is 8.61. The first-order valence-electron chi connectivity index (χ1n) is 9.01. The van der Waals surface area contributed by atoms with Gasteiger partial charge >= 0.3 is 0 Å². The molecule has 0 aliphatic heterocycles. The van der Waals surface area contributed by atoms with Gasteiger partial charge in [0.05, 0.1) is 10.4 Å². The van der Waals surface area contributed by atoms with Crippen LogP contribution in [-0.4, -0.2) is 16.0 Å². The molecule has 0 atom stereocenters. The van der Waals surface area contributed by atoms with Gasteiger partial charge in [-0.1, -0.05) is 40.5 Å². The van der Waals surface area contributed by atoms with Crippen molar-refractivity contribution in [3.05, 3.63) is 76.0 Å². The molecular weight excluding hydrogens is 425 g/mol. The van der Waals surface area contributed by atoms with E-state index in [0.29, 0.717) is 21.3 Å². The van der Waals surface area contributed by atoms with Crippen LogP contribution in [-0.2, 0) is 0 Å². The molecule has 1 amide bonds. The lowest BCUT2D eigenvalue weighted by molar-refractivity contribution is 0.102. The zero-order chi connectivity index (χ0) is 20.8. The number of nitrogens with zero attached hydrogens (tertiary/aromatic N) is 2. The van der Waals surface area contributed by atoms with Crippen LogP contribution in [0.25, 0.3) is 32.2 Å². The Hall–Kier alpha value is -3.29. The van der Waals surface area contributed by atoms with E-state index >= 15 is 0 Å². The number of rotatable bonds is 3. The molecule has 0 radical (unpaired) electrons. The van der Waals surface area contributed by atoms with Crippen LogP contribution in [0.15, 0.2) is 59.1 Å². The van der Waals surface area contributed by atoms with E-state index in [1.165, 1.54) is 23.5 Å². The molecule has 0 aliphatic carbocycles. The number of thiophene rings is 1. The lowest BCUT2D eigenvalue weighted by Gasteiger charge is -2.01. The van der Waals surface area contributed by atoms with Crippen molar-refractivity contribution in [1.29, 1.82) is 0 Å². The van der Waals surface area contributed by atoms with E-state index in [4.69, 9.17) is 16.1 Å². The molecule has 0 fully saturated rings. The van der Waals surface area contributed by atoms with Crippen molar-refractivity contribution in [1.82, 2.24) is 10.1 Å². The van der Waals surface area contributed by atoms with E-state index in [-0.39, 0.29) is 17.6 Å². The Morgan fingerprint density at radius 1 is 1.13 bits per heavy atom. The summed E-state index contributed by atoms with van der Waals surface area (Å²) >= 11 is 7.68. The van der Waals surface area contributed by atoms with Gasteiger partial charge in [-0.25, -0.2) is 9.37 Å². The van der Waals surface area contributed by atoms with Crippen molar-refractivity contribution < 1.29 is 13.7 Å². The van der Waals surface area contributed by atoms with E-state index in [1.54, 1.807) is 24.3 Å². The zero-order valence-electron chi connectivity index (χ0n) is 15.6. The number of amides is 1. The van der Waals surface area contributed by atoms with Gasteiger partial charge in [0.25, 0.3) is 5.91 Å². The van der Waals surface area contributed by atoms with E-state index < -0.39 is 0 Å². The Kier molecular flexibility index (Phi) is 4.49. The summed E-state index contributed by atoms with van der Waals surface area (Å²) < 4.78 is 19.5. The molecule has 3 aromatic heterocycles. The average Bonchev–Trinajstić information content (AvgIpc) is 3.37. The average molecular weight is 438 g/mol. The summed E-state index contributed by atoms with van der Waals surface area (Å²) in [6, 6.07) is 15.2. The minimum atomic E-state index is -0.376. The van der Waals surface area contributed by atoms with Crippen molar-refractivity contribution in [2.45, 2.75) is 6.92 Å². The molecule has 148 valence electrons. The highest BCUT2D eigenvalue weighted by Crippen LogP contribution is 2.36. The Balaban J connectivity index is 1.47. The Bertz CT molecular complexity index is 1440. The van der Waals surface area contributed by atoms with Gasteiger partial charge in [0, 0.05) is 27.1 Å². The first kappa shape index (κ1) is 18.7. The number of carbonyl (C=O) groups excluding carboxylic acids is 1. The predicted molar refractivity (Wildman–Crippen MR) is 117 cm³/mol. The van der Waals surface area contributed by atoms with Crippen molar-refractivity contribution in [3.8, 4) is 11.3 Å². The highest BCUT2D eigenvalue weighted by Gasteiger charge is 2.17. The summed E-state index contributed by atoms with van der Waals surface area (Å²) in [5.74, 6) is -0.559. The highest BCUT2D eigenvalue weighted by molar-refractivity contribution is 7.22. The van der Waals surface area contributed by atoms with Gasteiger partial charge in [-0.15, -0.1) is 11.3 Å². The van der Waals surface area contributed by atoms with Crippen LogP contribution in [0.2, 0.25) is 5.15 Å². The SMILES string of the molecule is Cc1ccc2nc(Cl)c3cc(C(=O)Nc4cc(-c5cccc(F)c5)no4)sc3c2c1. The number of fused-ring (bicyclic) bond motifs is 3. The smallest absolute Gasteiger partial charge is 0.268 e. The Morgan fingerprint density at radius 2 is 2.00 bits per heavy atom. The first-order chi connectivity index (χ1) is 14.5. The monoisotopic (exact) mass is 437 g/mol. The maximum atomic E-state index is 13.4. The van der Waals surface area contributed by atoms with Crippen molar-refractivity contribution in [2.24, 2.45) is 0 Å². The second kappa shape index (κ2) is 7.19. The third-order valence-corrected chi connectivity index (χ3v) is 6.12. The lowest BCUT2D eigenvalue weighted by Crippen LogP contribution is -2.09.